The number of hydrogen-bond donors (Lipinski definition) is 0. The van der Waals surface area contributed by atoms with Gasteiger partial charge in [0.1, 0.15) is 0 Å². The molecule has 0 amide bonds. The molecule has 0 saturated carbocycles. The maximum absolute atomic E-state index is 5.45. The van der Waals surface area contributed by atoms with Crippen molar-refractivity contribution in [2.24, 2.45) is 0 Å². The van der Waals surface area contributed by atoms with E-state index in [1.807, 2.05) is 36.4 Å². The van der Waals surface area contributed by atoms with E-state index in [-0.39, 0.29) is 0 Å². The van der Waals surface area contributed by atoms with Crippen LogP contribution in [0.3, 0.4) is 0 Å². The van der Waals surface area contributed by atoms with Crippen LogP contribution in [0.4, 0.5) is 0 Å². The van der Waals surface area contributed by atoms with Crippen molar-refractivity contribution in [3.05, 3.63) is 60.2 Å². The zero-order valence-electron chi connectivity index (χ0n) is 9.48. The lowest BCUT2D eigenvalue weighted by molar-refractivity contribution is 0.510. The van der Waals surface area contributed by atoms with Gasteiger partial charge in [0.25, 0.3) is 5.89 Å². The van der Waals surface area contributed by atoms with Gasteiger partial charge in [-0.3, -0.25) is 0 Å². The minimum Gasteiger partial charge on any atom is -0.459 e. The van der Waals surface area contributed by atoms with E-state index in [4.69, 9.17) is 8.83 Å². The van der Waals surface area contributed by atoms with Crippen molar-refractivity contribution in [2.45, 2.75) is 0 Å². The first-order chi connectivity index (χ1) is 8.92. The lowest BCUT2D eigenvalue weighted by Gasteiger charge is -1.89. The second kappa shape index (κ2) is 4.71. The summed E-state index contributed by atoms with van der Waals surface area (Å²) in [7, 11) is 0. The number of nitrogens with zero attached hydrogens (tertiary/aromatic N) is 2. The van der Waals surface area contributed by atoms with Crippen molar-refractivity contribution in [1.82, 2.24) is 10.2 Å². The average molecular weight is 238 g/mol. The normalized spacial score (nSPS) is 11.1. The van der Waals surface area contributed by atoms with E-state index < -0.39 is 0 Å². The number of hydrogen-bond acceptors (Lipinski definition) is 4. The van der Waals surface area contributed by atoms with Crippen LogP contribution in [0.5, 0.6) is 0 Å². The summed E-state index contributed by atoms with van der Waals surface area (Å²) in [6.07, 6.45) is 5.26. The van der Waals surface area contributed by atoms with Gasteiger partial charge < -0.3 is 8.83 Å². The van der Waals surface area contributed by atoms with Gasteiger partial charge in [0.05, 0.1) is 6.26 Å². The van der Waals surface area contributed by atoms with Gasteiger partial charge in [0, 0.05) is 6.08 Å². The zero-order chi connectivity index (χ0) is 12.2. The van der Waals surface area contributed by atoms with Crippen molar-refractivity contribution < 1.29 is 8.83 Å². The topological polar surface area (TPSA) is 52.1 Å². The summed E-state index contributed by atoms with van der Waals surface area (Å²) in [6, 6.07) is 13.5. The Balaban J connectivity index is 1.80. The van der Waals surface area contributed by atoms with Crippen LogP contribution in [0.25, 0.3) is 23.8 Å². The molecule has 0 N–H and O–H groups in total. The molecule has 4 nitrogen and oxygen atoms in total. The smallest absolute Gasteiger partial charge is 0.283 e. The molecule has 18 heavy (non-hydrogen) atoms. The van der Waals surface area contributed by atoms with Crippen LogP contribution in [-0.2, 0) is 0 Å². The highest BCUT2D eigenvalue weighted by molar-refractivity contribution is 5.66. The Morgan fingerprint density at radius 3 is 2.56 bits per heavy atom. The van der Waals surface area contributed by atoms with Crippen molar-refractivity contribution in [3.8, 4) is 11.7 Å². The van der Waals surface area contributed by atoms with Crippen LogP contribution in [0.15, 0.2) is 57.6 Å². The van der Waals surface area contributed by atoms with Crippen molar-refractivity contribution in [2.75, 3.05) is 0 Å². The fourth-order valence-electron chi connectivity index (χ4n) is 1.53. The largest absolute Gasteiger partial charge is 0.459 e. The summed E-state index contributed by atoms with van der Waals surface area (Å²) in [5.41, 5.74) is 1.08. The third kappa shape index (κ3) is 2.22. The first kappa shape index (κ1) is 10.5. The molecular weight excluding hydrogens is 228 g/mol. The van der Waals surface area contributed by atoms with Crippen LogP contribution >= 0.6 is 0 Å². The SMILES string of the molecule is C(=C\c1nnc(-c2ccco2)o1)/c1ccccc1. The number of benzene rings is 1. The van der Waals surface area contributed by atoms with E-state index >= 15 is 0 Å². The predicted molar refractivity (Wildman–Crippen MR) is 67.4 cm³/mol. The Hall–Kier alpha value is -2.62. The Morgan fingerprint density at radius 1 is 0.889 bits per heavy atom. The molecule has 3 rings (SSSR count). The lowest BCUT2D eigenvalue weighted by atomic mass is 10.2. The molecule has 0 spiro atoms. The fraction of sp³-hybridized carbons (Fsp3) is 0. The number of aromatic nitrogens is 2. The molecule has 0 radical (unpaired) electrons. The molecule has 1 aromatic carbocycles. The third-order valence-corrected chi connectivity index (χ3v) is 2.39. The fourth-order valence-corrected chi connectivity index (χ4v) is 1.53. The van der Waals surface area contributed by atoms with Crippen molar-refractivity contribution >= 4 is 12.2 Å². The van der Waals surface area contributed by atoms with Crippen LogP contribution in [-0.4, -0.2) is 10.2 Å². The monoisotopic (exact) mass is 238 g/mol. The van der Waals surface area contributed by atoms with Crippen molar-refractivity contribution in [1.29, 1.82) is 0 Å². The Bertz CT molecular complexity index is 640. The molecule has 88 valence electrons. The molecule has 0 bridgehead atoms. The van der Waals surface area contributed by atoms with E-state index in [9.17, 15) is 0 Å². The first-order valence-corrected chi connectivity index (χ1v) is 5.52. The molecule has 2 heterocycles. The van der Waals surface area contributed by atoms with Crippen LogP contribution in [0.2, 0.25) is 0 Å². The summed E-state index contributed by atoms with van der Waals surface area (Å²) >= 11 is 0. The molecule has 4 heteroatoms. The highest BCUT2D eigenvalue weighted by atomic mass is 16.4. The molecule has 3 aromatic rings. The van der Waals surface area contributed by atoms with Gasteiger partial charge in [-0.25, -0.2) is 0 Å². The van der Waals surface area contributed by atoms with Gasteiger partial charge in [-0.15, -0.1) is 10.2 Å². The Labute approximate surface area is 104 Å². The Kier molecular flexibility index (Phi) is 2.75. The minimum atomic E-state index is 0.382. The molecule has 0 atom stereocenters. The molecular formula is C14H10N2O2. The zero-order valence-corrected chi connectivity index (χ0v) is 9.48. The van der Waals surface area contributed by atoms with E-state index in [1.165, 1.54) is 0 Å². The van der Waals surface area contributed by atoms with Gasteiger partial charge in [-0.1, -0.05) is 30.3 Å². The highest BCUT2D eigenvalue weighted by Gasteiger charge is 2.08. The van der Waals surface area contributed by atoms with Gasteiger partial charge >= 0.3 is 0 Å². The average Bonchev–Trinajstić information content (AvgIpc) is 3.08. The summed E-state index contributed by atoms with van der Waals surface area (Å²) in [5.74, 6) is 1.40. The van der Waals surface area contributed by atoms with Crippen LogP contribution < -0.4 is 0 Å². The lowest BCUT2D eigenvalue weighted by Crippen LogP contribution is -1.72. The molecule has 0 fully saturated rings. The number of furan rings is 1. The van der Waals surface area contributed by atoms with Gasteiger partial charge in [0.2, 0.25) is 5.89 Å². The Morgan fingerprint density at radius 2 is 1.78 bits per heavy atom. The molecule has 0 aliphatic carbocycles. The van der Waals surface area contributed by atoms with E-state index in [0.29, 0.717) is 17.5 Å². The first-order valence-electron chi connectivity index (χ1n) is 5.52. The van der Waals surface area contributed by atoms with Gasteiger partial charge in [-0.05, 0) is 23.8 Å². The highest BCUT2D eigenvalue weighted by Crippen LogP contribution is 2.18. The van der Waals surface area contributed by atoms with E-state index in [0.717, 1.165) is 5.56 Å². The molecule has 0 aliphatic heterocycles. The summed E-state index contributed by atoms with van der Waals surface area (Å²) in [5, 5.41) is 7.83. The third-order valence-electron chi connectivity index (χ3n) is 2.39. The van der Waals surface area contributed by atoms with Crippen LogP contribution in [0, 0.1) is 0 Å². The predicted octanol–water partition coefficient (Wildman–Crippen LogP) is 3.50. The molecule has 0 unspecified atom stereocenters. The van der Waals surface area contributed by atoms with Gasteiger partial charge in [-0.2, -0.15) is 0 Å². The quantitative estimate of drug-likeness (QED) is 0.700. The minimum absolute atomic E-state index is 0.382. The van der Waals surface area contributed by atoms with E-state index in [2.05, 4.69) is 10.2 Å². The molecule has 2 aromatic heterocycles. The molecule has 0 saturated heterocycles. The summed E-state index contributed by atoms with van der Waals surface area (Å²) in [6.45, 7) is 0. The summed E-state index contributed by atoms with van der Waals surface area (Å²) < 4.78 is 10.6. The standard InChI is InChI=1S/C14H10N2O2/c1-2-5-11(6-3-1)8-9-13-15-16-14(18-13)12-7-4-10-17-12/h1-10H/b9-8+. The second-order valence-corrected chi connectivity index (χ2v) is 3.67. The van der Waals surface area contributed by atoms with E-state index in [1.54, 1.807) is 24.5 Å². The van der Waals surface area contributed by atoms with Crippen LogP contribution in [0.1, 0.15) is 11.5 Å². The summed E-state index contributed by atoms with van der Waals surface area (Å²) in [4.78, 5) is 0. The number of rotatable bonds is 3. The van der Waals surface area contributed by atoms with Crippen molar-refractivity contribution in [3.63, 3.8) is 0 Å². The maximum atomic E-state index is 5.45. The molecule has 0 aliphatic rings. The van der Waals surface area contributed by atoms with Gasteiger partial charge in [0.15, 0.2) is 5.76 Å². The maximum Gasteiger partial charge on any atom is 0.283 e. The second-order valence-electron chi connectivity index (χ2n) is 3.67.